The van der Waals surface area contributed by atoms with Crippen molar-refractivity contribution >= 4 is 11.0 Å². The fourth-order valence-corrected chi connectivity index (χ4v) is 2.20. The second-order valence-corrected chi connectivity index (χ2v) is 5.18. The Morgan fingerprint density at radius 3 is 2.61 bits per heavy atom. The van der Waals surface area contributed by atoms with Crippen LogP contribution in [-0.4, -0.2) is 14.7 Å². The van der Waals surface area contributed by atoms with E-state index < -0.39 is 6.10 Å². The Balaban J connectivity index is 2.59. The zero-order chi connectivity index (χ0) is 13.3. The minimum atomic E-state index is -0.558. The molecule has 0 radical (unpaired) electrons. The van der Waals surface area contributed by atoms with Crippen molar-refractivity contribution in [1.29, 1.82) is 0 Å². The van der Waals surface area contributed by atoms with Crippen molar-refractivity contribution in [2.24, 2.45) is 11.7 Å². The molecule has 0 fully saturated rings. The van der Waals surface area contributed by atoms with Crippen LogP contribution >= 0.6 is 0 Å². The van der Waals surface area contributed by atoms with E-state index in [1.165, 1.54) is 0 Å². The molecular formula is C14H21N3O. The van der Waals surface area contributed by atoms with Crippen LogP contribution in [0.15, 0.2) is 18.2 Å². The van der Waals surface area contributed by atoms with E-state index in [0.29, 0.717) is 12.5 Å². The van der Waals surface area contributed by atoms with Crippen LogP contribution in [0.2, 0.25) is 0 Å². The number of aromatic nitrogens is 2. The number of imidazole rings is 1. The van der Waals surface area contributed by atoms with Crippen molar-refractivity contribution in [1.82, 2.24) is 9.55 Å². The maximum Gasteiger partial charge on any atom is 0.138 e. The first-order chi connectivity index (χ1) is 8.52. The molecule has 98 valence electrons. The first kappa shape index (κ1) is 13.1. The summed E-state index contributed by atoms with van der Waals surface area (Å²) in [6.45, 7) is 7.44. The average Bonchev–Trinajstić information content (AvgIpc) is 2.66. The molecule has 18 heavy (non-hydrogen) atoms. The number of hydrogen-bond donors (Lipinski definition) is 2. The Labute approximate surface area is 107 Å². The van der Waals surface area contributed by atoms with Crippen molar-refractivity contribution < 1.29 is 5.11 Å². The lowest BCUT2D eigenvalue weighted by Gasteiger charge is -2.13. The molecule has 0 amide bonds. The average molecular weight is 247 g/mol. The Kier molecular flexibility index (Phi) is 3.68. The molecule has 0 saturated carbocycles. The second-order valence-electron chi connectivity index (χ2n) is 5.18. The van der Waals surface area contributed by atoms with Crippen LogP contribution in [0.1, 0.15) is 38.3 Å². The number of hydrogen-bond acceptors (Lipinski definition) is 3. The van der Waals surface area contributed by atoms with Gasteiger partial charge in [0, 0.05) is 13.1 Å². The van der Waals surface area contributed by atoms with Crippen molar-refractivity contribution in [2.45, 2.75) is 40.0 Å². The summed E-state index contributed by atoms with van der Waals surface area (Å²) in [6, 6.07) is 6.06. The molecule has 2 aromatic rings. The summed E-state index contributed by atoms with van der Waals surface area (Å²) in [4.78, 5) is 4.53. The summed E-state index contributed by atoms with van der Waals surface area (Å²) in [5.41, 5.74) is 8.68. The van der Waals surface area contributed by atoms with Gasteiger partial charge in [-0.05, 0) is 30.5 Å². The molecule has 3 N–H and O–H groups in total. The van der Waals surface area contributed by atoms with Gasteiger partial charge in [-0.25, -0.2) is 4.98 Å². The molecule has 4 heteroatoms. The molecule has 1 atom stereocenters. The largest absolute Gasteiger partial charge is 0.385 e. The summed E-state index contributed by atoms with van der Waals surface area (Å²) in [7, 11) is 0. The standard InChI is InChI=1S/C14H21N3O/c1-9(2)8-17-13-5-4-11(7-15)6-12(13)16-14(17)10(3)18/h4-6,9-10,18H,7-8,15H2,1-3H3. The van der Waals surface area contributed by atoms with Crippen molar-refractivity contribution in [2.75, 3.05) is 0 Å². The lowest BCUT2D eigenvalue weighted by molar-refractivity contribution is 0.183. The van der Waals surface area contributed by atoms with Crippen LogP contribution in [-0.2, 0) is 13.1 Å². The van der Waals surface area contributed by atoms with Gasteiger partial charge in [-0.15, -0.1) is 0 Å². The van der Waals surface area contributed by atoms with Gasteiger partial charge in [0.25, 0.3) is 0 Å². The predicted octanol–water partition coefficient (Wildman–Crippen LogP) is 2.20. The second kappa shape index (κ2) is 5.08. The SMILES string of the molecule is CC(C)Cn1c(C(C)O)nc2cc(CN)ccc21. The van der Waals surface area contributed by atoms with Crippen molar-refractivity contribution in [3.63, 3.8) is 0 Å². The molecule has 4 nitrogen and oxygen atoms in total. The molecule has 1 aromatic heterocycles. The van der Waals surface area contributed by atoms with Crippen molar-refractivity contribution in [3.05, 3.63) is 29.6 Å². The first-order valence-electron chi connectivity index (χ1n) is 6.40. The Hall–Kier alpha value is -1.39. The van der Waals surface area contributed by atoms with E-state index >= 15 is 0 Å². The van der Waals surface area contributed by atoms with Gasteiger partial charge in [0.05, 0.1) is 11.0 Å². The molecule has 0 saturated heterocycles. The summed E-state index contributed by atoms with van der Waals surface area (Å²) in [6.07, 6.45) is -0.558. The number of nitrogens with two attached hydrogens (primary N) is 1. The summed E-state index contributed by atoms with van der Waals surface area (Å²) in [5.74, 6) is 1.24. The molecule has 1 unspecified atom stereocenters. The quantitative estimate of drug-likeness (QED) is 0.870. The van der Waals surface area contributed by atoms with E-state index in [1.807, 2.05) is 18.2 Å². The van der Waals surface area contributed by atoms with Gasteiger partial charge in [0.2, 0.25) is 0 Å². The topological polar surface area (TPSA) is 64.1 Å². The van der Waals surface area contributed by atoms with Crippen LogP contribution in [0.25, 0.3) is 11.0 Å². The van der Waals surface area contributed by atoms with E-state index in [2.05, 4.69) is 23.4 Å². The van der Waals surface area contributed by atoms with Gasteiger partial charge in [0.15, 0.2) is 0 Å². The Morgan fingerprint density at radius 2 is 2.06 bits per heavy atom. The first-order valence-corrected chi connectivity index (χ1v) is 6.40. The van der Waals surface area contributed by atoms with Crippen LogP contribution in [0.4, 0.5) is 0 Å². The van der Waals surface area contributed by atoms with Gasteiger partial charge >= 0.3 is 0 Å². The van der Waals surface area contributed by atoms with Gasteiger partial charge in [0.1, 0.15) is 11.9 Å². The molecule has 1 aromatic carbocycles. The van der Waals surface area contributed by atoms with Crippen LogP contribution in [0.3, 0.4) is 0 Å². The van der Waals surface area contributed by atoms with Crippen LogP contribution in [0, 0.1) is 5.92 Å². The monoisotopic (exact) mass is 247 g/mol. The Morgan fingerprint density at radius 1 is 1.33 bits per heavy atom. The highest BCUT2D eigenvalue weighted by atomic mass is 16.3. The number of nitrogens with zero attached hydrogens (tertiary/aromatic N) is 2. The lowest BCUT2D eigenvalue weighted by atomic mass is 10.2. The van der Waals surface area contributed by atoms with Gasteiger partial charge < -0.3 is 15.4 Å². The molecular weight excluding hydrogens is 226 g/mol. The summed E-state index contributed by atoms with van der Waals surface area (Å²) >= 11 is 0. The number of aliphatic hydroxyl groups excluding tert-OH is 1. The van der Waals surface area contributed by atoms with E-state index in [9.17, 15) is 5.11 Å². The molecule has 0 aliphatic heterocycles. The fourth-order valence-electron chi connectivity index (χ4n) is 2.20. The third-order valence-electron chi connectivity index (χ3n) is 3.00. The molecule has 0 aliphatic carbocycles. The van der Waals surface area contributed by atoms with E-state index in [4.69, 9.17) is 5.73 Å². The smallest absolute Gasteiger partial charge is 0.138 e. The minimum absolute atomic E-state index is 0.508. The van der Waals surface area contributed by atoms with Crippen LogP contribution in [0.5, 0.6) is 0 Å². The van der Waals surface area contributed by atoms with E-state index in [1.54, 1.807) is 6.92 Å². The molecule has 1 heterocycles. The van der Waals surface area contributed by atoms with Gasteiger partial charge in [-0.2, -0.15) is 0 Å². The molecule has 0 spiro atoms. The van der Waals surface area contributed by atoms with E-state index in [0.717, 1.165) is 29.0 Å². The maximum atomic E-state index is 9.84. The highest BCUT2D eigenvalue weighted by molar-refractivity contribution is 5.77. The van der Waals surface area contributed by atoms with Crippen molar-refractivity contribution in [3.8, 4) is 0 Å². The normalized spacial score (nSPS) is 13.4. The zero-order valence-electron chi connectivity index (χ0n) is 11.2. The molecule has 0 bridgehead atoms. The third-order valence-corrected chi connectivity index (χ3v) is 3.00. The number of rotatable bonds is 4. The number of benzene rings is 1. The highest BCUT2D eigenvalue weighted by Crippen LogP contribution is 2.23. The third kappa shape index (κ3) is 2.40. The van der Waals surface area contributed by atoms with Crippen LogP contribution < -0.4 is 5.73 Å². The zero-order valence-corrected chi connectivity index (χ0v) is 11.2. The highest BCUT2D eigenvalue weighted by Gasteiger charge is 2.15. The predicted molar refractivity (Wildman–Crippen MR) is 73.1 cm³/mol. The van der Waals surface area contributed by atoms with Gasteiger partial charge in [-0.1, -0.05) is 19.9 Å². The summed E-state index contributed by atoms with van der Waals surface area (Å²) < 4.78 is 2.10. The summed E-state index contributed by atoms with van der Waals surface area (Å²) in [5, 5.41) is 9.84. The minimum Gasteiger partial charge on any atom is -0.385 e. The number of fused-ring (bicyclic) bond motifs is 1. The maximum absolute atomic E-state index is 9.84. The fraction of sp³-hybridized carbons (Fsp3) is 0.500. The molecule has 2 rings (SSSR count). The molecule has 0 aliphatic rings. The lowest BCUT2D eigenvalue weighted by Crippen LogP contribution is -2.10. The number of aliphatic hydroxyl groups is 1. The van der Waals surface area contributed by atoms with Gasteiger partial charge in [-0.3, -0.25) is 0 Å². The van der Waals surface area contributed by atoms with E-state index in [-0.39, 0.29) is 0 Å². The Bertz CT molecular complexity index is 543.